The highest BCUT2D eigenvalue weighted by Gasteiger charge is 2.09. The number of phenols is 1. The Labute approximate surface area is 204 Å². The van der Waals surface area contributed by atoms with E-state index in [1.807, 2.05) is 30.3 Å². The van der Waals surface area contributed by atoms with E-state index in [1.54, 1.807) is 19.4 Å². The van der Waals surface area contributed by atoms with Crippen LogP contribution in [0.15, 0.2) is 64.3 Å². The molecular formula is C22H19Cl2N7O3. The van der Waals surface area contributed by atoms with Gasteiger partial charge < -0.3 is 24.9 Å². The first-order chi connectivity index (χ1) is 16.5. The maximum absolute atomic E-state index is 10.1. The van der Waals surface area contributed by atoms with Crippen LogP contribution in [0.2, 0.25) is 10.0 Å². The van der Waals surface area contributed by atoms with Crippen LogP contribution < -0.4 is 20.8 Å². The van der Waals surface area contributed by atoms with E-state index in [-0.39, 0.29) is 28.6 Å². The number of ether oxygens (including phenoxy) is 1. The van der Waals surface area contributed by atoms with Gasteiger partial charge in [-0.15, -0.1) is 0 Å². The molecule has 0 amide bonds. The average molecular weight is 500 g/mol. The Bertz CT molecular complexity index is 1280. The summed E-state index contributed by atoms with van der Waals surface area (Å²) in [6.07, 6.45) is 2.93. The number of hydrogen-bond acceptors (Lipinski definition) is 10. The van der Waals surface area contributed by atoms with Crippen LogP contribution in [-0.2, 0) is 6.54 Å². The second-order valence-electron chi connectivity index (χ2n) is 6.79. The van der Waals surface area contributed by atoms with E-state index < -0.39 is 0 Å². The minimum atomic E-state index is -0.144. The van der Waals surface area contributed by atoms with Gasteiger partial charge in [-0.3, -0.25) is 0 Å². The van der Waals surface area contributed by atoms with Gasteiger partial charge in [-0.25, -0.2) is 5.43 Å². The number of methoxy groups -OCH3 is 1. The molecule has 0 saturated heterocycles. The van der Waals surface area contributed by atoms with Crippen LogP contribution in [0.5, 0.6) is 11.5 Å². The third-order valence-electron chi connectivity index (χ3n) is 4.41. The molecule has 4 N–H and O–H groups in total. The molecule has 174 valence electrons. The number of hydrazone groups is 1. The Morgan fingerprint density at radius 2 is 1.82 bits per heavy atom. The van der Waals surface area contributed by atoms with Crippen LogP contribution in [0, 0.1) is 0 Å². The van der Waals surface area contributed by atoms with Crippen LogP contribution >= 0.6 is 23.2 Å². The molecule has 0 bridgehead atoms. The van der Waals surface area contributed by atoms with Crippen molar-refractivity contribution in [2.45, 2.75) is 6.54 Å². The molecule has 0 fully saturated rings. The standard InChI is InChI=1S/C22H19Cl2N7O3/c1-33-16-6-4-15(5-7-16)27-21-28-20(25-12-17-3-2-8-34-17)29-22(30-21)31-26-11-13-9-14(23)10-18(24)19(13)32/h2-11,32H,12H2,1H3,(H3,25,27,28,29,30,31)/b26-11+. The third-order valence-corrected chi connectivity index (χ3v) is 4.91. The summed E-state index contributed by atoms with van der Waals surface area (Å²) < 4.78 is 10.5. The van der Waals surface area contributed by atoms with Crippen molar-refractivity contribution in [2.24, 2.45) is 5.10 Å². The van der Waals surface area contributed by atoms with Gasteiger partial charge in [0.05, 0.1) is 31.2 Å². The maximum Gasteiger partial charge on any atom is 0.250 e. The van der Waals surface area contributed by atoms with E-state index in [9.17, 15) is 5.11 Å². The fraction of sp³-hybridized carbons (Fsp3) is 0.0909. The second kappa shape index (κ2) is 10.7. The number of halogens is 2. The average Bonchev–Trinajstić information content (AvgIpc) is 3.35. The van der Waals surface area contributed by atoms with Crippen molar-refractivity contribution in [3.63, 3.8) is 0 Å². The first-order valence-corrected chi connectivity index (χ1v) is 10.7. The zero-order valence-electron chi connectivity index (χ0n) is 17.8. The quantitative estimate of drug-likeness (QED) is 0.179. The van der Waals surface area contributed by atoms with Crippen LogP contribution in [0.1, 0.15) is 11.3 Å². The molecule has 4 aromatic rings. The Balaban J connectivity index is 1.55. The van der Waals surface area contributed by atoms with Crippen molar-refractivity contribution < 1.29 is 14.3 Å². The van der Waals surface area contributed by atoms with E-state index in [2.05, 4.69) is 36.1 Å². The summed E-state index contributed by atoms with van der Waals surface area (Å²) in [7, 11) is 1.60. The number of benzene rings is 2. The van der Waals surface area contributed by atoms with Crippen molar-refractivity contribution in [2.75, 3.05) is 23.2 Å². The first kappa shape index (κ1) is 23.1. The summed E-state index contributed by atoms with van der Waals surface area (Å²) >= 11 is 11.9. The van der Waals surface area contributed by atoms with E-state index in [4.69, 9.17) is 32.4 Å². The molecule has 0 radical (unpaired) electrons. The van der Waals surface area contributed by atoms with Gasteiger partial charge >= 0.3 is 0 Å². The first-order valence-electron chi connectivity index (χ1n) is 9.90. The molecule has 0 aliphatic carbocycles. The molecule has 4 rings (SSSR count). The molecule has 34 heavy (non-hydrogen) atoms. The number of aromatic nitrogens is 3. The molecule has 2 heterocycles. The van der Waals surface area contributed by atoms with Crippen molar-refractivity contribution in [3.05, 3.63) is 76.2 Å². The molecular weight excluding hydrogens is 481 g/mol. The van der Waals surface area contributed by atoms with Crippen molar-refractivity contribution in [1.82, 2.24) is 15.0 Å². The SMILES string of the molecule is COc1ccc(Nc2nc(NCc3ccco3)nc(N/N=C/c3cc(Cl)cc(Cl)c3O)n2)cc1. The molecule has 12 heteroatoms. The maximum atomic E-state index is 10.1. The molecule has 0 spiro atoms. The topological polar surface area (TPSA) is 130 Å². The van der Waals surface area contributed by atoms with Gasteiger partial charge in [0, 0.05) is 16.3 Å². The smallest absolute Gasteiger partial charge is 0.250 e. The highest BCUT2D eigenvalue weighted by molar-refractivity contribution is 6.36. The van der Waals surface area contributed by atoms with Gasteiger partial charge in [0.25, 0.3) is 0 Å². The number of nitrogens with one attached hydrogen (secondary N) is 3. The van der Waals surface area contributed by atoms with Crippen LogP contribution in [0.4, 0.5) is 23.5 Å². The Morgan fingerprint density at radius 1 is 1.06 bits per heavy atom. The lowest BCUT2D eigenvalue weighted by Gasteiger charge is -2.10. The second-order valence-corrected chi connectivity index (χ2v) is 7.63. The van der Waals surface area contributed by atoms with Crippen LogP contribution in [0.25, 0.3) is 0 Å². The summed E-state index contributed by atoms with van der Waals surface area (Å²) in [6.45, 7) is 0.372. The minimum absolute atomic E-state index is 0.115. The van der Waals surface area contributed by atoms with E-state index in [1.165, 1.54) is 18.3 Å². The van der Waals surface area contributed by atoms with Crippen molar-refractivity contribution in [1.29, 1.82) is 0 Å². The highest BCUT2D eigenvalue weighted by Crippen LogP contribution is 2.30. The molecule has 0 saturated carbocycles. The number of aromatic hydroxyl groups is 1. The van der Waals surface area contributed by atoms with Crippen LogP contribution in [0.3, 0.4) is 0 Å². The predicted molar refractivity (Wildman–Crippen MR) is 131 cm³/mol. The normalized spacial score (nSPS) is 10.9. The molecule has 0 aliphatic rings. The fourth-order valence-corrected chi connectivity index (χ4v) is 3.30. The number of anilines is 4. The van der Waals surface area contributed by atoms with Gasteiger partial charge in [-0.05, 0) is 48.5 Å². The van der Waals surface area contributed by atoms with Gasteiger partial charge in [-0.2, -0.15) is 20.1 Å². The van der Waals surface area contributed by atoms with Gasteiger partial charge in [-0.1, -0.05) is 23.2 Å². The zero-order chi connectivity index (χ0) is 23.9. The monoisotopic (exact) mass is 499 g/mol. The Morgan fingerprint density at radius 3 is 2.56 bits per heavy atom. The number of phenolic OH excluding ortho intramolecular Hbond substituents is 1. The summed E-state index contributed by atoms with van der Waals surface area (Å²) in [5, 5.41) is 20.8. The predicted octanol–water partition coefficient (Wildman–Crippen LogP) is 5.29. The van der Waals surface area contributed by atoms with E-state index >= 15 is 0 Å². The Kier molecular flexibility index (Phi) is 7.31. The molecule has 2 aromatic carbocycles. The van der Waals surface area contributed by atoms with E-state index in [0.717, 1.165) is 11.4 Å². The molecule has 0 aliphatic heterocycles. The van der Waals surface area contributed by atoms with Gasteiger partial charge in [0.15, 0.2) is 0 Å². The fourth-order valence-electron chi connectivity index (χ4n) is 2.79. The lowest BCUT2D eigenvalue weighted by Crippen LogP contribution is -2.09. The van der Waals surface area contributed by atoms with Crippen LogP contribution in [-0.4, -0.2) is 33.4 Å². The Hall–Kier alpha value is -4.02. The lowest BCUT2D eigenvalue weighted by atomic mass is 10.2. The number of hydrogen-bond donors (Lipinski definition) is 4. The largest absolute Gasteiger partial charge is 0.506 e. The van der Waals surface area contributed by atoms with E-state index in [0.29, 0.717) is 22.9 Å². The van der Waals surface area contributed by atoms with Crippen molar-refractivity contribution in [3.8, 4) is 11.5 Å². The lowest BCUT2D eigenvalue weighted by molar-refractivity contribution is 0.415. The molecule has 0 unspecified atom stereocenters. The minimum Gasteiger partial charge on any atom is -0.506 e. The molecule has 10 nitrogen and oxygen atoms in total. The number of rotatable bonds is 9. The summed E-state index contributed by atoms with van der Waals surface area (Å²) in [5.41, 5.74) is 3.80. The summed E-state index contributed by atoms with van der Waals surface area (Å²) in [5.74, 6) is 2.00. The van der Waals surface area contributed by atoms with Crippen molar-refractivity contribution >= 4 is 52.9 Å². The van der Waals surface area contributed by atoms with Gasteiger partial charge in [0.1, 0.15) is 17.3 Å². The number of nitrogens with zero attached hydrogens (tertiary/aromatic N) is 4. The number of furan rings is 1. The molecule has 2 aromatic heterocycles. The third kappa shape index (κ3) is 6.06. The zero-order valence-corrected chi connectivity index (χ0v) is 19.3. The summed E-state index contributed by atoms with van der Waals surface area (Å²) in [6, 6.07) is 13.9. The van der Waals surface area contributed by atoms with Gasteiger partial charge in [0.2, 0.25) is 17.8 Å². The molecule has 0 atom stereocenters. The highest BCUT2D eigenvalue weighted by atomic mass is 35.5. The summed E-state index contributed by atoms with van der Waals surface area (Å²) in [4.78, 5) is 13.0.